The van der Waals surface area contributed by atoms with Crippen molar-refractivity contribution in [3.8, 4) is 10.6 Å². The van der Waals surface area contributed by atoms with Crippen LogP contribution in [0.15, 0.2) is 34.2 Å². The molecule has 158 valence electrons. The summed E-state index contributed by atoms with van der Waals surface area (Å²) >= 11 is 7.83. The lowest BCUT2D eigenvalue weighted by Gasteiger charge is -2.36. The lowest BCUT2D eigenvalue weighted by atomic mass is 10.1. The van der Waals surface area contributed by atoms with Crippen LogP contribution in [-0.4, -0.2) is 47.4 Å². The number of quaternary nitrogens is 1. The van der Waals surface area contributed by atoms with Gasteiger partial charge in [-0.1, -0.05) is 16.8 Å². The number of halogens is 1. The van der Waals surface area contributed by atoms with E-state index in [1.807, 2.05) is 18.4 Å². The predicted molar refractivity (Wildman–Crippen MR) is 115 cm³/mol. The third-order valence-corrected chi connectivity index (χ3v) is 6.58. The van der Waals surface area contributed by atoms with Crippen molar-refractivity contribution >= 4 is 40.2 Å². The number of rotatable bonds is 4. The molecule has 3 aromatic rings. The summed E-state index contributed by atoms with van der Waals surface area (Å²) in [6.45, 7) is 5.97. The van der Waals surface area contributed by atoms with Crippen molar-refractivity contribution in [1.29, 1.82) is 0 Å². The molecule has 0 aliphatic carbocycles. The summed E-state index contributed by atoms with van der Waals surface area (Å²) in [6, 6.07) is 6.70. The van der Waals surface area contributed by atoms with Crippen molar-refractivity contribution in [3.63, 3.8) is 0 Å². The van der Waals surface area contributed by atoms with Gasteiger partial charge in [-0.05, 0) is 36.9 Å². The summed E-state index contributed by atoms with van der Waals surface area (Å²) < 4.78 is 5.36. The van der Waals surface area contributed by atoms with Crippen molar-refractivity contribution < 1.29 is 19.8 Å². The molecule has 10 heteroatoms. The number of aryl methyl sites for hydroxylation is 2. The Morgan fingerprint density at radius 1 is 1.27 bits per heavy atom. The largest absolute Gasteiger partial charge is 0.595 e. The fourth-order valence-electron chi connectivity index (χ4n) is 3.60. The van der Waals surface area contributed by atoms with Crippen LogP contribution in [-0.2, 0) is 0 Å². The van der Waals surface area contributed by atoms with Gasteiger partial charge in [-0.3, -0.25) is 4.79 Å². The van der Waals surface area contributed by atoms with Gasteiger partial charge in [0.2, 0.25) is 0 Å². The Balaban J connectivity index is 1.50. The number of piperazine rings is 1. The highest BCUT2D eigenvalue weighted by Crippen LogP contribution is 2.34. The van der Waals surface area contributed by atoms with Gasteiger partial charge in [-0.25, -0.2) is 5.21 Å². The first-order valence-electron chi connectivity index (χ1n) is 9.44. The molecule has 1 aromatic carbocycles. The molecule has 3 heterocycles. The topological polar surface area (TPSA) is 97.3 Å². The van der Waals surface area contributed by atoms with Gasteiger partial charge in [0.05, 0.1) is 15.6 Å². The number of anilines is 1. The van der Waals surface area contributed by atoms with E-state index in [1.54, 1.807) is 17.9 Å². The van der Waals surface area contributed by atoms with E-state index >= 15 is 0 Å². The van der Waals surface area contributed by atoms with Gasteiger partial charge in [0.15, 0.2) is 5.69 Å². The van der Waals surface area contributed by atoms with Gasteiger partial charge >= 0.3 is 0 Å². The Morgan fingerprint density at radius 2 is 2.00 bits per heavy atom. The van der Waals surface area contributed by atoms with E-state index in [4.69, 9.17) is 21.3 Å². The van der Waals surface area contributed by atoms with E-state index < -0.39 is 5.23 Å². The van der Waals surface area contributed by atoms with Crippen molar-refractivity contribution in [2.24, 2.45) is 0 Å². The molecular formula is C20H21ClN4O4S. The van der Waals surface area contributed by atoms with Crippen LogP contribution in [0.25, 0.3) is 10.6 Å². The highest BCUT2D eigenvalue weighted by atomic mass is 35.5. The second-order valence-electron chi connectivity index (χ2n) is 7.15. The van der Waals surface area contributed by atoms with Crippen molar-refractivity contribution in [2.75, 3.05) is 31.1 Å². The maximum absolute atomic E-state index is 13.3. The zero-order valence-corrected chi connectivity index (χ0v) is 18.1. The quantitative estimate of drug-likeness (QED) is 0.595. The van der Waals surface area contributed by atoms with Crippen LogP contribution >= 0.6 is 22.9 Å². The van der Waals surface area contributed by atoms with Gasteiger partial charge < -0.3 is 19.5 Å². The molecule has 1 aliphatic heterocycles. The van der Waals surface area contributed by atoms with Gasteiger partial charge in [0, 0.05) is 38.3 Å². The third-order valence-electron chi connectivity index (χ3n) is 5.26. The fourth-order valence-corrected chi connectivity index (χ4v) is 4.81. The van der Waals surface area contributed by atoms with Crippen molar-refractivity contribution in [3.05, 3.63) is 56.8 Å². The predicted octanol–water partition coefficient (Wildman–Crippen LogP) is 3.04. The van der Waals surface area contributed by atoms with E-state index in [0.717, 1.165) is 16.1 Å². The van der Waals surface area contributed by atoms with Gasteiger partial charge in [-0.15, -0.1) is 11.3 Å². The van der Waals surface area contributed by atoms with Gasteiger partial charge in [0.25, 0.3) is 5.91 Å². The first kappa shape index (κ1) is 20.8. The number of benzene rings is 1. The van der Waals surface area contributed by atoms with Gasteiger partial charge in [-0.2, -0.15) is 5.23 Å². The number of aromatic nitrogens is 1. The minimum Gasteiger partial charge on any atom is -0.595 e. The monoisotopic (exact) mass is 448 g/mol. The minimum atomic E-state index is -1.01. The molecule has 4 rings (SSSR count). The molecule has 0 bridgehead atoms. The summed E-state index contributed by atoms with van der Waals surface area (Å²) in [5.74, 6) is 0.418. The summed E-state index contributed by atoms with van der Waals surface area (Å²) in [5, 5.41) is 25.7. The molecule has 1 fully saturated rings. The second kappa shape index (κ2) is 8.37. The number of hydrogen-bond donors (Lipinski definition) is 2. The third kappa shape index (κ3) is 3.82. The number of thiophene rings is 1. The average molecular weight is 449 g/mol. The second-order valence-corrected chi connectivity index (χ2v) is 8.47. The molecule has 1 atom stereocenters. The van der Waals surface area contributed by atoms with E-state index in [1.165, 1.54) is 23.5 Å². The maximum atomic E-state index is 13.3. The molecule has 2 N–H and O–H groups in total. The number of amides is 1. The van der Waals surface area contributed by atoms with Gasteiger partial charge in [0.1, 0.15) is 17.0 Å². The van der Waals surface area contributed by atoms with Crippen LogP contribution in [0.2, 0.25) is 5.02 Å². The fraction of sp³-hybridized carbons (Fsp3) is 0.300. The first-order chi connectivity index (χ1) is 14.4. The lowest BCUT2D eigenvalue weighted by Crippen LogP contribution is -2.99. The Labute approximate surface area is 182 Å². The van der Waals surface area contributed by atoms with E-state index in [0.29, 0.717) is 48.2 Å². The summed E-state index contributed by atoms with van der Waals surface area (Å²) in [5.41, 5.74) is 3.09. The maximum Gasteiger partial charge on any atom is 0.259 e. The zero-order chi connectivity index (χ0) is 21.4. The summed E-state index contributed by atoms with van der Waals surface area (Å²) in [6.07, 6.45) is 0. The molecule has 1 aliphatic rings. The van der Waals surface area contributed by atoms with Crippen LogP contribution in [0.3, 0.4) is 0 Å². The van der Waals surface area contributed by atoms with Crippen LogP contribution in [0, 0.1) is 19.1 Å². The smallest absolute Gasteiger partial charge is 0.259 e. The van der Waals surface area contributed by atoms with Crippen LogP contribution in [0.1, 0.15) is 21.7 Å². The van der Waals surface area contributed by atoms with Crippen LogP contribution in [0.4, 0.5) is 11.4 Å². The number of carbonyl (C=O) groups is 1. The van der Waals surface area contributed by atoms with E-state index in [-0.39, 0.29) is 11.6 Å². The number of nitrogens with zero attached hydrogens (tertiary/aromatic N) is 3. The number of hydrogen-bond acceptors (Lipinski definition) is 7. The highest BCUT2D eigenvalue weighted by Gasteiger charge is 2.30. The summed E-state index contributed by atoms with van der Waals surface area (Å²) in [7, 11) is 0. The standard InChI is InChI=1S/C20H21ClN4O4S/c1-12-5-10-30-19(12)18-17(13(2)29-22-18)20(26)24-8-6-23(7-9-24)16-4-3-14(25(27)28)11-15(16)21/h3-5,10-11,25,27H,6-9H2,1-2H3. The SMILES string of the molecule is Cc1ccsc1-c1noc(C)c1C(=O)N1CCN(c2ccc([NH+]([O-])O)cc2Cl)CC1. The molecular weight excluding hydrogens is 428 g/mol. The summed E-state index contributed by atoms with van der Waals surface area (Å²) in [4.78, 5) is 18.1. The van der Waals surface area contributed by atoms with Crippen LogP contribution in [0.5, 0.6) is 0 Å². The molecule has 1 amide bonds. The van der Waals surface area contributed by atoms with Crippen molar-refractivity contribution in [1.82, 2.24) is 10.1 Å². The molecule has 0 spiro atoms. The highest BCUT2D eigenvalue weighted by molar-refractivity contribution is 7.13. The zero-order valence-electron chi connectivity index (χ0n) is 16.5. The Kier molecular flexibility index (Phi) is 5.81. The Hall–Kier alpha value is -2.43. The molecule has 1 unspecified atom stereocenters. The number of carbonyl (C=O) groups excluding carboxylic acids is 1. The minimum absolute atomic E-state index is 0.0940. The molecule has 0 radical (unpaired) electrons. The Bertz CT molecular complexity index is 1070. The first-order valence-corrected chi connectivity index (χ1v) is 10.7. The normalized spacial score (nSPS) is 15.5. The molecule has 2 aromatic heterocycles. The van der Waals surface area contributed by atoms with Crippen molar-refractivity contribution in [2.45, 2.75) is 13.8 Å². The van der Waals surface area contributed by atoms with E-state index in [9.17, 15) is 10.0 Å². The molecule has 0 saturated carbocycles. The number of nitrogens with one attached hydrogen (secondary N) is 1. The van der Waals surface area contributed by atoms with E-state index in [2.05, 4.69) is 10.1 Å². The molecule has 1 saturated heterocycles. The molecule has 8 nitrogen and oxygen atoms in total. The lowest BCUT2D eigenvalue weighted by molar-refractivity contribution is -0.991. The van der Waals surface area contributed by atoms with Crippen LogP contribution < -0.4 is 10.1 Å². The Morgan fingerprint density at radius 3 is 2.60 bits per heavy atom. The average Bonchev–Trinajstić information content (AvgIpc) is 3.32. The molecule has 30 heavy (non-hydrogen) atoms.